The summed E-state index contributed by atoms with van der Waals surface area (Å²) < 4.78 is 7.15. The van der Waals surface area contributed by atoms with E-state index in [1.54, 1.807) is 11.8 Å². The molecule has 10 heteroatoms. The van der Waals surface area contributed by atoms with Gasteiger partial charge in [-0.1, -0.05) is 66.4 Å². The first-order valence-corrected chi connectivity index (χ1v) is 12.6. The number of nitrogens with one attached hydrogen (secondary N) is 1. The van der Waals surface area contributed by atoms with Crippen LogP contribution < -0.4 is 0 Å². The van der Waals surface area contributed by atoms with Crippen molar-refractivity contribution in [1.82, 2.24) is 30.2 Å². The van der Waals surface area contributed by atoms with Crippen molar-refractivity contribution >= 4 is 40.1 Å². The fraction of sp³-hybridized carbons (Fsp3) is 0.160. The van der Waals surface area contributed by atoms with E-state index in [4.69, 9.17) is 9.72 Å². The molecule has 0 aliphatic heterocycles. The van der Waals surface area contributed by atoms with Crippen molar-refractivity contribution in [3.63, 3.8) is 0 Å². The lowest BCUT2D eigenvalue weighted by Crippen LogP contribution is -2.06. The molecule has 35 heavy (non-hydrogen) atoms. The van der Waals surface area contributed by atoms with Crippen LogP contribution in [-0.4, -0.2) is 49.0 Å². The number of fused-ring (bicyclic) bond motifs is 1. The zero-order valence-corrected chi connectivity index (χ0v) is 20.8. The van der Waals surface area contributed by atoms with Gasteiger partial charge in [0.1, 0.15) is 10.4 Å². The maximum absolute atomic E-state index is 12.5. The molecule has 0 amide bonds. The summed E-state index contributed by atoms with van der Waals surface area (Å²) in [5.74, 6) is 1.00. The normalized spacial score (nSPS) is 11.1. The highest BCUT2D eigenvalue weighted by Crippen LogP contribution is 2.36. The highest BCUT2D eigenvalue weighted by molar-refractivity contribution is 7.99. The molecule has 0 aliphatic carbocycles. The number of thioether (sulfide) groups is 1. The second kappa shape index (κ2) is 9.85. The molecule has 0 atom stereocenters. The Morgan fingerprint density at radius 2 is 1.97 bits per heavy atom. The van der Waals surface area contributed by atoms with Gasteiger partial charge in [0.2, 0.25) is 0 Å². The quantitative estimate of drug-likeness (QED) is 0.173. The van der Waals surface area contributed by atoms with Crippen LogP contribution in [0.1, 0.15) is 20.1 Å². The second-order valence-corrected chi connectivity index (χ2v) is 9.96. The zero-order chi connectivity index (χ0) is 24.4. The minimum atomic E-state index is -0.344. The van der Waals surface area contributed by atoms with Crippen LogP contribution in [0.5, 0.6) is 0 Å². The van der Waals surface area contributed by atoms with Crippen LogP contribution in [0.15, 0.2) is 66.3 Å². The van der Waals surface area contributed by atoms with Crippen LogP contribution in [0.25, 0.3) is 33.5 Å². The van der Waals surface area contributed by atoms with E-state index in [0.29, 0.717) is 17.2 Å². The number of esters is 1. The summed E-state index contributed by atoms with van der Waals surface area (Å²) in [7, 11) is 1.41. The Balaban J connectivity index is 1.53. The second-order valence-electron chi connectivity index (χ2n) is 7.75. The number of ether oxygens (including phenoxy) is 1. The number of tetrazole rings is 1. The number of methoxy groups -OCH3 is 1. The van der Waals surface area contributed by atoms with Crippen molar-refractivity contribution in [2.45, 2.75) is 18.6 Å². The van der Waals surface area contributed by atoms with Gasteiger partial charge in [0.25, 0.3) is 0 Å². The summed E-state index contributed by atoms with van der Waals surface area (Å²) in [6.45, 7) is 6.38. The average Bonchev–Trinajstić information content (AvgIpc) is 3.61. The third-order valence-corrected chi connectivity index (χ3v) is 7.61. The number of thiophene rings is 1. The molecule has 0 radical (unpaired) electrons. The smallest absolute Gasteiger partial charge is 0.350 e. The van der Waals surface area contributed by atoms with Gasteiger partial charge in [-0.05, 0) is 34.0 Å². The number of aromatic amines is 1. The molecule has 0 saturated heterocycles. The fourth-order valence-corrected chi connectivity index (χ4v) is 5.72. The van der Waals surface area contributed by atoms with E-state index in [1.807, 2.05) is 37.3 Å². The van der Waals surface area contributed by atoms with E-state index in [1.165, 1.54) is 18.4 Å². The van der Waals surface area contributed by atoms with Gasteiger partial charge in [-0.15, -0.1) is 23.0 Å². The van der Waals surface area contributed by atoms with Crippen molar-refractivity contribution in [2.24, 2.45) is 0 Å². The summed E-state index contributed by atoms with van der Waals surface area (Å²) in [5, 5.41) is 15.2. The molecule has 0 bridgehead atoms. The highest BCUT2D eigenvalue weighted by atomic mass is 32.2. The van der Waals surface area contributed by atoms with E-state index in [0.717, 1.165) is 49.1 Å². The van der Waals surface area contributed by atoms with Crippen LogP contribution >= 0.6 is 23.1 Å². The van der Waals surface area contributed by atoms with Crippen LogP contribution in [0.2, 0.25) is 0 Å². The number of nitrogens with zero attached hydrogens (tertiary/aromatic N) is 5. The molecular weight excluding hydrogens is 480 g/mol. The van der Waals surface area contributed by atoms with Crippen molar-refractivity contribution in [3.05, 3.63) is 76.5 Å². The van der Waals surface area contributed by atoms with Crippen LogP contribution in [0.4, 0.5) is 0 Å². The van der Waals surface area contributed by atoms with Gasteiger partial charge >= 0.3 is 5.97 Å². The van der Waals surface area contributed by atoms with Crippen molar-refractivity contribution < 1.29 is 9.53 Å². The standard InChI is InChI=1S/C25H22N6O2S2/c1-4-13-34-25-26-20-15(2)35-22(24(32)33-3)21(20)31(25)14-16-9-11-17(12-10-16)18-7-5-6-8-19(18)23-27-29-30-28-23/h4-12H,1,13-14H2,2-3H3,(H,27,28,29,30). The molecule has 5 aromatic rings. The van der Waals surface area contributed by atoms with Crippen molar-refractivity contribution in [1.29, 1.82) is 0 Å². The monoisotopic (exact) mass is 502 g/mol. The van der Waals surface area contributed by atoms with Gasteiger partial charge in [0, 0.05) is 16.2 Å². The topological polar surface area (TPSA) is 98.6 Å². The average molecular weight is 503 g/mol. The molecule has 8 nitrogen and oxygen atoms in total. The van der Waals surface area contributed by atoms with E-state index in [-0.39, 0.29) is 5.97 Å². The number of benzene rings is 2. The SMILES string of the molecule is C=CCSc1nc2c(C)sc(C(=O)OC)c2n1Cc1ccc(-c2ccccc2-c2nnn[nH]2)cc1. The van der Waals surface area contributed by atoms with E-state index < -0.39 is 0 Å². The summed E-state index contributed by atoms with van der Waals surface area (Å²) in [4.78, 5) is 18.9. The lowest BCUT2D eigenvalue weighted by Gasteiger charge is -2.11. The lowest BCUT2D eigenvalue weighted by molar-refractivity contribution is 0.0608. The fourth-order valence-electron chi connectivity index (χ4n) is 3.97. The van der Waals surface area contributed by atoms with Crippen molar-refractivity contribution in [3.8, 4) is 22.5 Å². The molecule has 176 valence electrons. The Kier molecular flexibility index (Phi) is 6.47. The van der Waals surface area contributed by atoms with E-state index >= 15 is 0 Å². The Bertz CT molecular complexity index is 1500. The largest absolute Gasteiger partial charge is 0.465 e. The molecule has 0 saturated carbocycles. The first-order chi connectivity index (χ1) is 17.1. The zero-order valence-electron chi connectivity index (χ0n) is 19.2. The van der Waals surface area contributed by atoms with Gasteiger partial charge in [-0.25, -0.2) is 14.9 Å². The molecule has 2 aromatic carbocycles. The number of carbonyl (C=O) groups excluding carboxylic acids is 1. The van der Waals surface area contributed by atoms with E-state index in [2.05, 4.69) is 56.0 Å². The number of carbonyl (C=O) groups is 1. The first kappa shape index (κ1) is 23.0. The lowest BCUT2D eigenvalue weighted by atomic mass is 9.98. The van der Waals surface area contributed by atoms with Gasteiger partial charge in [0.15, 0.2) is 11.0 Å². The number of aromatic nitrogens is 6. The molecule has 3 aromatic heterocycles. The Labute approximate surface area is 210 Å². The molecule has 1 N–H and O–H groups in total. The summed E-state index contributed by atoms with van der Waals surface area (Å²) in [6.07, 6.45) is 1.85. The summed E-state index contributed by atoms with van der Waals surface area (Å²) in [5.41, 5.74) is 5.77. The van der Waals surface area contributed by atoms with Crippen LogP contribution in [-0.2, 0) is 11.3 Å². The first-order valence-electron chi connectivity index (χ1n) is 10.8. The molecule has 5 rings (SSSR count). The maximum atomic E-state index is 12.5. The molecule has 3 heterocycles. The minimum absolute atomic E-state index is 0.344. The Morgan fingerprint density at radius 3 is 2.66 bits per heavy atom. The molecule has 0 unspecified atom stereocenters. The number of rotatable bonds is 8. The maximum Gasteiger partial charge on any atom is 0.350 e. The highest BCUT2D eigenvalue weighted by Gasteiger charge is 2.24. The molecule has 0 fully saturated rings. The van der Waals surface area contributed by atoms with Gasteiger partial charge < -0.3 is 9.30 Å². The molecular formula is C25H22N6O2S2. The summed E-state index contributed by atoms with van der Waals surface area (Å²) in [6, 6.07) is 16.4. The summed E-state index contributed by atoms with van der Waals surface area (Å²) >= 11 is 3.02. The number of hydrogen-bond donors (Lipinski definition) is 1. The van der Waals surface area contributed by atoms with Crippen LogP contribution in [0.3, 0.4) is 0 Å². The number of hydrogen-bond acceptors (Lipinski definition) is 8. The Morgan fingerprint density at radius 1 is 1.20 bits per heavy atom. The van der Waals surface area contributed by atoms with Crippen molar-refractivity contribution in [2.75, 3.05) is 12.9 Å². The number of imidazole rings is 1. The number of aryl methyl sites for hydroxylation is 1. The number of H-pyrrole nitrogens is 1. The van der Waals surface area contributed by atoms with E-state index in [9.17, 15) is 4.79 Å². The third-order valence-electron chi connectivity index (χ3n) is 5.57. The van der Waals surface area contributed by atoms with Crippen LogP contribution in [0, 0.1) is 6.92 Å². The molecule has 0 aliphatic rings. The molecule has 0 spiro atoms. The predicted octanol–water partition coefficient (Wildman–Crippen LogP) is 5.37. The van der Waals surface area contributed by atoms with Gasteiger partial charge in [-0.3, -0.25) is 0 Å². The Hall–Kier alpha value is -3.76. The van der Waals surface area contributed by atoms with Gasteiger partial charge in [-0.2, -0.15) is 0 Å². The minimum Gasteiger partial charge on any atom is -0.465 e. The predicted molar refractivity (Wildman–Crippen MR) is 139 cm³/mol. The van der Waals surface area contributed by atoms with Gasteiger partial charge in [0.05, 0.1) is 19.2 Å². The third kappa shape index (κ3) is 4.38.